The van der Waals surface area contributed by atoms with Crippen LogP contribution in [0.2, 0.25) is 0 Å². The highest BCUT2D eigenvalue weighted by Crippen LogP contribution is 2.21. The summed E-state index contributed by atoms with van der Waals surface area (Å²) in [5.74, 6) is 0.501. The monoisotopic (exact) mass is 368 g/mol. The molecule has 0 aliphatic carbocycles. The van der Waals surface area contributed by atoms with Gasteiger partial charge in [-0.05, 0) is 29.8 Å². The molecular weight excluding hydrogens is 348 g/mol. The Hall–Kier alpha value is -3.66. The molecule has 0 saturated carbocycles. The third-order valence-electron chi connectivity index (χ3n) is 4.46. The van der Waals surface area contributed by atoms with Gasteiger partial charge in [-0.25, -0.2) is 4.98 Å². The van der Waals surface area contributed by atoms with Gasteiger partial charge in [-0.3, -0.25) is 4.79 Å². The molecule has 0 bridgehead atoms. The lowest BCUT2D eigenvalue weighted by atomic mass is 10.1. The lowest BCUT2D eigenvalue weighted by molar-refractivity contribution is -0.118. The van der Waals surface area contributed by atoms with Crippen LogP contribution in [0.1, 0.15) is 11.3 Å². The molecule has 0 N–H and O–H groups in total. The van der Waals surface area contributed by atoms with Gasteiger partial charge in [0.25, 0.3) is 0 Å². The minimum absolute atomic E-state index is 0.0250. The number of hydrogen-bond acceptors (Lipinski definition) is 3. The Bertz CT molecular complexity index is 1030. The molecule has 0 aliphatic rings. The Morgan fingerprint density at radius 1 is 0.821 bits per heavy atom. The molecule has 3 aromatic carbocycles. The van der Waals surface area contributed by atoms with Crippen LogP contribution in [0.15, 0.2) is 102 Å². The van der Waals surface area contributed by atoms with E-state index in [1.165, 1.54) is 0 Å². The molecule has 4 rings (SSSR count). The maximum atomic E-state index is 13.1. The molecule has 0 spiro atoms. The van der Waals surface area contributed by atoms with Gasteiger partial charge in [0.1, 0.15) is 6.26 Å². The Labute approximate surface area is 164 Å². The van der Waals surface area contributed by atoms with E-state index in [9.17, 15) is 4.79 Å². The average molecular weight is 368 g/mol. The fraction of sp³-hybridized carbons (Fsp3) is 0.0833. The van der Waals surface area contributed by atoms with Gasteiger partial charge >= 0.3 is 0 Å². The normalized spacial score (nSPS) is 10.6. The van der Waals surface area contributed by atoms with Crippen LogP contribution >= 0.6 is 0 Å². The van der Waals surface area contributed by atoms with Crippen molar-refractivity contribution in [1.29, 1.82) is 0 Å². The number of amides is 1. The third kappa shape index (κ3) is 4.18. The van der Waals surface area contributed by atoms with Gasteiger partial charge in [-0.2, -0.15) is 0 Å². The van der Waals surface area contributed by atoms with E-state index < -0.39 is 0 Å². The molecule has 0 unspecified atom stereocenters. The summed E-state index contributed by atoms with van der Waals surface area (Å²) in [5, 5.41) is 0. The van der Waals surface area contributed by atoms with Crippen LogP contribution < -0.4 is 4.90 Å². The number of para-hydroxylation sites is 1. The number of oxazole rings is 1. The van der Waals surface area contributed by atoms with E-state index in [0.29, 0.717) is 18.1 Å². The van der Waals surface area contributed by atoms with Crippen molar-refractivity contribution in [3.05, 3.63) is 109 Å². The van der Waals surface area contributed by atoms with E-state index in [0.717, 1.165) is 16.8 Å². The summed E-state index contributed by atoms with van der Waals surface area (Å²) in [6.45, 7) is 0.507. The van der Waals surface area contributed by atoms with Gasteiger partial charge in [0.2, 0.25) is 11.8 Å². The standard InChI is InChI=1S/C24H20N2O2/c27-23(16-21-18-28-24(25-21)20-12-6-2-7-13-20)26(22-14-8-3-9-15-22)17-19-10-4-1-5-11-19/h1-15,18H,16-17H2. The van der Waals surface area contributed by atoms with E-state index in [2.05, 4.69) is 4.98 Å². The zero-order chi connectivity index (χ0) is 19.2. The van der Waals surface area contributed by atoms with Crippen molar-refractivity contribution >= 4 is 11.6 Å². The second-order valence-corrected chi connectivity index (χ2v) is 6.49. The van der Waals surface area contributed by atoms with Crippen LogP contribution in [0.3, 0.4) is 0 Å². The quantitative estimate of drug-likeness (QED) is 0.475. The topological polar surface area (TPSA) is 46.3 Å². The molecule has 1 aromatic heterocycles. The summed E-state index contributed by atoms with van der Waals surface area (Å²) < 4.78 is 5.57. The fourth-order valence-electron chi connectivity index (χ4n) is 3.05. The van der Waals surface area contributed by atoms with Crippen molar-refractivity contribution in [2.45, 2.75) is 13.0 Å². The zero-order valence-electron chi connectivity index (χ0n) is 15.4. The Morgan fingerprint density at radius 2 is 1.43 bits per heavy atom. The minimum Gasteiger partial charge on any atom is -0.444 e. The van der Waals surface area contributed by atoms with Crippen LogP contribution in [-0.4, -0.2) is 10.9 Å². The molecule has 0 atom stereocenters. The van der Waals surface area contributed by atoms with Crippen LogP contribution in [0.25, 0.3) is 11.5 Å². The van der Waals surface area contributed by atoms with Crippen molar-refractivity contribution in [2.24, 2.45) is 0 Å². The van der Waals surface area contributed by atoms with E-state index in [-0.39, 0.29) is 12.3 Å². The number of anilines is 1. The van der Waals surface area contributed by atoms with Crippen molar-refractivity contribution in [1.82, 2.24) is 4.98 Å². The summed E-state index contributed by atoms with van der Waals surface area (Å²) in [5.41, 5.74) is 3.45. The molecule has 4 aromatic rings. The second kappa shape index (κ2) is 8.35. The third-order valence-corrected chi connectivity index (χ3v) is 4.46. The first-order valence-electron chi connectivity index (χ1n) is 9.19. The maximum Gasteiger partial charge on any atom is 0.233 e. The van der Waals surface area contributed by atoms with Gasteiger partial charge < -0.3 is 9.32 Å². The van der Waals surface area contributed by atoms with Gasteiger partial charge in [-0.1, -0.05) is 66.7 Å². The van der Waals surface area contributed by atoms with Gasteiger partial charge in [0, 0.05) is 11.3 Å². The number of nitrogens with zero attached hydrogens (tertiary/aromatic N) is 2. The number of carbonyl (C=O) groups is 1. The SMILES string of the molecule is O=C(Cc1coc(-c2ccccc2)n1)N(Cc1ccccc1)c1ccccc1. The Morgan fingerprint density at radius 3 is 2.11 bits per heavy atom. The van der Waals surface area contributed by atoms with Crippen molar-refractivity contribution in [3.63, 3.8) is 0 Å². The van der Waals surface area contributed by atoms with Crippen molar-refractivity contribution in [3.8, 4) is 11.5 Å². The lowest BCUT2D eigenvalue weighted by Gasteiger charge is -2.22. The van der Waals surface area contributed by atoms with E-state index >= 15 is 0 Å². The maximum absolute atomic E-state index is 13.1. The van der Waals surface area contributed by atoms with Crippen LogP contribution in [0.4, 0.5) is 5.69 Å². The zero-order valence-corrected chi connectivity index (χ0v) is 15.4. The summed E-state index contributed by atoms with van der Waals surface area (Å²) >= 11 is 0. The largest absolute Gasteiger partial charge is 0.444 e. The van der Waals surface area contributed by atoms with Crippen LogP contribution in [-0.2, 0) is 17.8 Å². The smallest absolute Gasteiger partial charge is 0.233 e. The number of aromatic nitrogens is 1. The number of rotatable bonds is 6. The molecule has 138 valence electrons. The minimum atomic E-state index is -0.0250. The van der Waals surface area contributed by atoms with Crippen LogP contribution in [0.5, 0.6) is 0 Å². The van der Waals surface area contributed by atoms with Gasteiger partial charge in [-0.15, -0.1) is 0 Å². The Kier molecular flexibility index (Phi) is 5.29. The summed E-state index contributed by atoms with van der Waals surface area (Å²) in [6, 6.07) is 29.3. The predicted octanol–water partition coefficient (Wildman–Crippen LogP) is 5.12. The molecule has 28 heavy (non-hydrogen) atoms. The predicted molar refractivity (Wildman–Crippen MR) is 110 cm³/mol. The van der Waals surface area contributed by atoms with E-state index in [1.54, 1.807) is 11.2 Å². The highest BCUT2D eigenvalue weighted by molar-refractivity contribution is 5.94. The molecule has 4 nitrogen and oxygen atoms in total. The summed E-state index contributed by atoms with van der Waals surface area (Å²) in [4.78, 5) is 19.4. The molecule has 1 amide bonds. The summed E-state index contributed by atoms with van der Waals surface area (Å²) in [6.07, 6.45) is 1.74. The van der Waals surface area contributed by atoms with Gasteiger partial charge in [0.05, 0.1) is 18.7 Å². The molecule has 4 heteroatoms. The summed E-state index contributed by atoms with van der Waals surface area (Å²) in [7, 11) is 0. The average Bonchev–Trinajstić information content (AvgIpc) is 3.22. The molecule has 0 fully saturated rings. The molecule has 0 saturated heterocycles. The number of benzene rings is 3. The lowest BCUT2D eigenvalue weighted by Crippen LogP contribution is -2.31. The first kappa shape index (κ1) is 17.7. The highest BCUT2D eigenvalue weighted by Gasteiger charge is 2.18. The van der Waals surface area contributed by atoms with E-state index in [4.69, 9.17) is 4.42 Å². The molecular formula is C24H20N2O2. The first-order chi connectivity index (χ1) is 13.8. The second-order valence-electron chi connectivity index (χ2n) is 6.49. The fourth-order valence-corrected chi connectivity index (χ4v) is 3.05. The highest BCUT2D eigenvalue weighted by atomic mass is 16.3. The van der Waals surface area contributed by atoms with Crippen LogP contribution in [0, 0.1) is 0 Å². The van der Waals surface area contributed by atoms with Crippen molar-refractivity contribution in [2.75, 3.05) is 4.90 Å². The first-order valence-corrected chi connectivity index (χ1v) is 9.19. The van der Waals surface area contributed by atoms with Crippen molar-refractivity contribution < 1.29 is 9.21 Å². The van der Waals surface area contributed by atoms with E-state index in [1.807, 2.05) is 91.0 Å². The number of carbonyl (C=O) groups excluding carboxylic acids is 1. The Balaban J connectivity index is 1.55. The van der Waals surface area contributed by atoms with Gasteiger partial charge in [0.15, 0.2) is 0 Å². The molecule has 1 heterocycles. The number of hydrogen-bond donors (Lipinski definition) is 0. The molecule has 0 radical (unpaired) electrons. The molecule has 0 aliphatic heterocycles.